The number of carbonyl (C=O) groups excluding carboxylic acids is 2. The van der Waals surface area contributed by atoms with E-state index in [4.69, 9.17) is 9.47 Å². The molecular formula is C30H40F2O7. The van der Waals surface area contributed by atoms with Crippen molar-refractivity contribution >= 4 is 17.9 Å². The maximum absolute atomic E-state index is 17.4. The van der Waals surface area contributed by atoms with Gasteiger partial charge in [-0.2, -0.15) is 0 Å². The predicted octanol–water partition coefficient (Wildman–Crippen LogP) is 5.50. The highest BCUT2D eigenvalue weighted by Gasteiger charge is 2.78. The highest BCUT2D eigenvalue weighted by molar-refractivity contribution is 6.01. The zero-order chi connectivity index (χ0) is 28.5. The molecule has 9 heteroatoms. The number of rotatable bonds is 4. The van der Waals surface area contributed by atoms with Crippen molar-refractivity contribution in [3.63, 3.8) is 0 Å². The molecule has 216 valence electrons. The fourth-order valence-corrected chi connectivity index (χ4v) is 9.19. The minimum atomic E-state index is -2.34. The number of ether oxygens (including phenoxy) is 2. The van der Waals surface area contributed by atoms with Crippen LogP contribution in [-0.4, -0.2) is 57.8 Å². The quantitative estimate of drug-likeness (QED) is 0.445. The average Bonchev–Trinajstić information content (AvgIpc) is 3.09. The molecule has 0 aromatic rings. The van der Waals surface area contributed by atoms with E-state index < -0.39 is 70.0 Å². The molecule has 2 N–H and O–H groups in total. The van der Waals surface area contributed by atoms with Crippen LogP contribution in [0.15, 0.2) is 23.8 Å². The number of carbonyl (C=O) groups is 3. The zero-order valence-electron chi connectivity index (χ0n) is 23.1. The van der Waals surface area contributed by atoms with Gasteiger partial charge in [0.15, 0.2) is 11.5 Å². The normalized spacial score (nSPS) is 48.8. The van der Waals surface area contributed by atoms with E-state index in [2.05, 4.69) is 6.92 Å². The van der Waals surface area contributed by atoms with Gasteiger partial charge in [-0.1, -0.05) is 33.3 Å². The van der Waals surface area contributed by atoms with Gasteiger partial charge < -0.3 is 19.7 Å². The van der Waals surface area contributed by atoms with Gasteiger partial charge in [0.2, 0.25) is 5.60 Å². The van der Waals surface area contributed by atoms with Crippen molar-refractivity contribution in [2.75, 3.05) is 0 Å². The summed E-state index contributed by atoms with van der Waals surface area (Å²) in [6, 6.07) is 0. The third kappa shape index (κ3) is 3.77. The van der Waals surface area contributed by atoms with Crippen LogP contribution < -0.4 is 0 Å². The molecule has 9 atom stereocenters. The van der Waals surface area contributed by atoms with E-state index in [9.17, 15) is 24.6 Å². The molecule has 0 bridgehead atoms. The molecule has 5 rings (SSSR count). The van der Waals surface area contributed by atoms with Crippen LogP contribution in [0.4, 0.5) is 13.6 Å². The van der Waals surface area contributed by atoms with Crippen molar-refractivity contribution in [2.24, 2.45) is 34.5 Å². The number of carboxylic acid groups (broad SMARTS) is 1. The SMILES string of the molecule is CCC1CCC(OC(=O)O[C@]2(C(=O)O)[C@H](C)C[C@H]3[C@@H]4C[C@H](F)C5=CC(=O)C=C[C@]5(C)[C@@]4(F)[C@@H](O)C[C@@]32C)CC1. The molecule has 0 amide bonds. The molecule has 7 nitrogen and oxygen atoms in total. The Labute approximate surface area is 228 Å². The maximum Gasteiger partial charge on any atom is 0.509 e. The van der Waals surface area contributed by atoms with Crippen molar-refractivity contribution < 1.29 is 42.9 Å². The number of allylic oxidation sites excluding steroid dienone is 4. The number of ketones is 1. The Morgan fingerprint density at radius 2 is 1.79 bits per heavy atom. The van der Waals surface area contributed by atoms with Gasteiger partial charge in [0.25, 0.3) is 0 Å². The van der Waals surface area contributed by atoms with E-state index in [0.717, 1.165) is 25.3 Å². The van der Waals surface area contributed by atoms with E-state index >= 15 is 8.78 Å². The minimum Gasteiger partial charge on any atom is -0.478 e. The standard InChI is InChI=1S/C30H40F2O7/c1-5-17-6-8-19(9-7-17)38-26(37)39-30(25(35)36)16(2)12-20-21-14-23(31)22-13-18(33)10-11-27(22,3)29(21,32)24(34)15-28(20,30)4/h10-11,13,16-17,19-21,23-24,34H,5-9,12,14-15H2,1-4H3,(H,35,36)/t16-,17?,19?,20+,21+,23+,24+,27+,28+,29+,30+/m1/s1. The molecule has 0 heterocycles. The topological polar surface area (TPSA) is 110 Å². The molecule has 0 aromatic carbocycles. The molecular weight excluding hydrogens is 510 g/mol. The largest absolute Gasteiger partial charge is 0.509 e. The Morgan fingerprint density at radius 1 is 1.13 bits per heavy atom. The molecule has 5 aliphatic rings. The smallest absolute Gasteiger partial charge is 0.478 e. The first-order valence-electron chi connectivity index (χ1n) is 14.3. The number of halogens is 2. The second kappa shape index (κ2) is 9.38. The summed E-state index contributed by atoms with van der Waals surface area (Å²) in [6.45, 7) is 6.88. The van der Waals surface area contributed by atoms with Gasteiger partial charge >= 0.3 is 12.1 Å². The molecule has 0 unspecified atom stereocenters. The summed E-state index contributed by atoms with van der Waals surface area (Å²) in [7, 11) is 0. The Kier molecular flexibility index (Phi) is 6.80. The lowest BCUT2D eigenvalue weighted by Crippen LogP contribution is -2.71. The first-order valence-corrected chi connectivity index (χ1v) is 14.3. The summed E-state index contributed by atoms with van der Waals surface area (Å²) >= 11 is 0. The number of fused-ring (bicyclic) bond motifs is 5. The Balaban J connectivity index is 1.47. The number of alkyl halides is 2. The van der Waals surface area contributed by atoms with Crippen LogP contribution in [-0.2, 0) is 19.1 Å². The number of aliphatic hydroxyl groups excluding tert-OH is 1. The van der Waals surface area contributed by atoms with Crippen molar-refractivity contribution in [3.8, 4) is 0 Å². The van der Waals surface area contributed by atoms with Crippen molar-refractivity contribution in [3.05, 3.63) is 23.8 Å². The summed E-state index contributed by atoms with van der Waals surface area (Å²) in [5.41, 5.74) is -7.38. The zero-order valence-corrected chi connectivity index (χ0v) is 23.1. The van der Waals surface area contributed by atoms with Gasteiger partial charge in [-0.15, -0.1) is 0 Å². The van der Waals surface area contributed by atoms with Gasteiger partial charge in [0.1, 0.15) is 12.3 Å². The monoisotopic (exact) mass is 550 g/mol. The predicted molar refractivity (Wildman–Crippen MR) is 137 cm³/mol. The van der Waals surface area contributed by atoms with Gasteiger partial charge in [-0.05, 0) is 81.4 Å². The third-order valence-electron chi connectivity index (χ3n) is 11.4. The maximum atomic E-state index is 17.4. The highest BCUT2D eigenvalue weighted by Crippen LogP contribution is 2.71. The molecule has 0 spiro atoms. The second-order valence-electron chi connectivity index (χ2n) is 13.1. The van der Waals surface area contributed by atoms with Crippen LogP contribution in [0.2, 0.25) is 0 Å². The van der Waals surface area contributed by atoms with E-state index in [1.165, 1.54) is 19.1 Å². The molecule has 0 aromatic heterocycles. The van der Waals surface area contributed by atoms with Crippen LogP contribution in [0, 0.1) is 34.5 Å². The second-order valence-corrected chi connectivity index (χ2v) is 13.1. The molecule has 0 radical (unpaired) electrons. The van der Waals surface area contributed by atoms with Crippen molar-refractivity contribution in [2.45, 2.75) is 109 Å². The van der Waals surface area contributed by atoms with E-state index in [-0.39, 0.29) is 30.9 Å². The van der Waals surface area contributed by atoms with E-state index in [1.54, 1.807) is 13.8 Å². The molecule has 4 fully saturated rings. The summed E-state index contributed by atoms with van der Waals surface area (Å²) in [5.74, 6) is -3.74. The molecule has 0 saturated heterocycles. The summed E-state index contributed by atoms with van der Waals surface area (Å²) in [5, 5.41) is 22.1. The lowest BCUT2D eigenvalue weighted by molar-refractivity contribution is -0.232. The lowest BCUT2D eigenvalue weighted by atomic mass is 9.44. The van der Waals surface area contributed by atoms with Gasteiger partial charge in [-0.25, -0.2) is 18.4 Å². The Hall–Kier alpha value is -2.29. The first kappa shape index (κ1) is 28.2. The van der Waals surface area contributed by atoms with Crippen LogP contribution in [0.25, 0.3) is 0 Å². The summed E-state index contributed by atoms with van der Waals surface area (Å²) < 4.78 is 44.4. The summed E-state index contributed by atoms with van der Waals surface area (Å²) in [6.07, 6.45) is 2.72. The number of carboxylic acids is 1. The third-order valence-corrected chi connectivity index (χ3v) is 11.4. The molecule has 4 saturated carbocycles. The lowest BCUT2D eigenvalue weighted by Gasteiger charge is -2.62. The van der Waals surface area contributed by atoms with Gasteiger partial charge in [0.05, 0.1) is 6.10 Å². The number of aliphatic hydroxyl groups is 1. The highest BCUT2D eigenvalue weighted by atomic mass is 19.1. The van der Waals surface area contributed by atoms with Crippen LogP contribution in [0.3, 0.4) is 0 Å². The molecule has 0 aliphatic heterocycles. The minimum absolute atomic E-state index is 0.00423. The Morgan fingerprint density at radius 3 is 2.41 bits per heavy atom. The van der Waals surface area contributed by atoms with E-state index in [1.807, 2.05) is 0 Å². The van der Waals surface area contributed by atoms with E-state index in [0.29, 0.717) is 18.8 Å². The van der Waals surface area contributed by atoms with Crippen molar-refractivity contribution in [1.29, 1.82) is 0 Å². The summed E-state index contributed by atoms with van der Waals surface area (Å²) in [4.78, 5) is 38.1. The number of aliphatic carboxylic acids is 1. The fourth-order valence-electron chi connectivity index (χ4n) is 9.19. The van der Waals surface area contributed by atoms with Gasteiger partial charge in [0, 0.05) is 22.7 Å². The number of hydrogen-bond acceptors (Lipinski definition) is 6. The molecule has 39 heavy (non-hydrogen) atoms. The Bertz CT molecular complexity index is 1110. The molecule has 5 aliphatic carbocycles. The van der Waals surface area contributed by atoms with Crippen LogP contribution in [0.1, 0.15) is 79.1 Å². The fraction of sp³-hybridized carbons (Fsp3) is 0.767. The first-order chi connectivity index (χ1) is 18.2. The van der Waals surface area contributed by atoms with Crippen LogP contribution in [0.5, 0.6) is 0 Å². The van der Waals surface area contributed by atoms with Gasteiger partial charge in [-0.3, -0.25) is 4.79 Å². The van der Waals surface area contributed by atoms with Crippen LogP contribution >= 0.6 is 0 Å². The van der Waals surface area contributed by atoms with Crippen molar-refractivity contribution in [1.82, 2.24) is 0 Å². The number of hydrogen-bond donors (Lipinski definition) is 2. The average molecular weight is 551 g/mol.